The van der Waals surface area contributed by atoms with E-state index < -0.39 is 16.9 Å². The van der Waals surface area contributed by atoms with Crippen molar-refractivity contribution in [3.63, 3.8) is 0 Å². The maximum atomic E-state index is 13.4. The number of carbonyl (C=O) groups is 1. The van der Waals surface area contributed by atoms with Crippen LogP contribution in [0.2, 0.25) is 0 Å². The highest BCUT2D eigenvalue weighted by Gasteiger charge is 2.22. The van der Waals surface area contributed by atoms with E-state index in [1.165, 1.54) is 21.6 Å². The van der Waals surface area contributed by atoms with Gasteiger partial charge in [-0.05, 0) is 12.5 Å². The average Bonchev–Trinajstić information content (AvgIpc) is 3.16. The highest BCUT2D eigenvalue weighted by atomic mass is 16.2. The molecule has 0 aliphatic rings. The van der Waals surface area contributed by atoms with Crippen molar-refractivity contribution in [3.8, 4) is 11.4 Å². The summed E-state index contributed by atoms with van der Waals surface area (Å²) in [6.45, 7) is 2.44. The number of hydrogen-bond acceptors (Lipinski definition) is 4. The van der Waals surface area contributed by atoms with Gasteiger partial charge in [-0.1, -0.05) is 60.7 Å². The van der Waals surface area contributed by atoms with Gasteiger partial charge in [-0.15, -0.1) is 0 Å². The Morgan fingerprint density at radius 1 is 0.933 bits per heavy atom. The summed E-state index contributed by atoms with van der Waals surface area (Å²) in [6.07, 6.45) is 2.59. The van der Waals surface area contributed by atoms with E-state index in [4.69, 9.17) is 0 Å². The summed E-state index contributed by atoms with van der Waals surface area (Å²) in [6, 6.07) is 18.8. The number of hydrogen-bond donors (Lipinski definition) is 1. The molecule has 2 aromatic carbocycles. The second-order valence-corrected chi connectivity index (χ2v) is 6.80. The summed E-state index contributed by atoms with van der Waals surface area (Å²) in [5, 5.41) is 2.74. The zero-order valence-electron chi connectivity index (χ0n) is 16.4. The van der Waals surface area contributed by atoms with Crippen LogP contribution in [-0.2, 0) is 13.1 Å². The molecule has 30 heavy (non-hydrogen) atoms. The molecule has 0 amide bonds. The zero-order chi connectivity index (χ0) is 21.1. The number of rotatable bonds is 6. The summed E-state index contributed by atoms with van der Waals surface area (Å²) in [7, 11) is 0. The highest BCUT2D eigenvalue weighted by molar-refractivity contribution is 6.08. The number of benzene rings is 2. The predicted octanol–water partition coefficient (Wildman–Crippen LogP) is 2.70. The van der Waals surface area contributed by atoms with E-state index in [1.54, 1.807) is 6.92 Å². The molecule has 0 aliphatic heterocycles. The molecule has 0 bridgehead atoms. The Bertz CT molecular complexity index is 1300. The van der Waals surface area contributed by atoms with E-state index in [-0.39, 0.29) is 17.7 Å². The van der Waals surface area contributed by atoms with E-state index in [0.717, 1.165) is 11.1 Å². The van der Waals surface area contributed by atoms with Crippen LogP contribution < -0.4 is 11.1 Å². The first-order chi connectivity index (χ1) is 14.6. The minimum Gasteiger partial charge on any atom is -0.302 e. The van der Waals surface area contributed by atoms with Crippen molar-refractivity contribution in [1.82, 2.24) is 19.3 Å². The van der Waals surface area contributed by atoms with Crippen molar-refractivity contribution in [2.75, 3.05) is 0 Å². The first kappa shape index (κ1) is 19.3. The lowest BCUT2D eigenvalue weighted by Crippen LogP contribution is -2.31. The Morgan fingerprint density at radius 2 is 1.60 bits per heavy atom. The predicted molar refractivity (Wildman–Crippen MR) is 114 cm³/mol. The van der Waals surface area contributed by atoms with Crippen LogP contribution >= 0.6 is 0 Å². The average molecular weight is 400 g/mol. The monoisotopic (exact) mass is 400 g/mol. The maximum absolute atomic E-state index is 13.4. The highest BCUT2D eigenvalue weighted by Crippen LogP contribution is 2.17. The number of nitrogens with one attached hydrogen (secondary N) is 1. The molecule has 150 valence electrons. The minimum atomic E-state index is -0.637. The number of aryl methyl sites for hydroxylation is 1. The molecule has 0 unspecified atom stereocenters. The lowest BCUT2D eigenvalue weighted by atomic mass is 10.1. The molecule has 0 spiro atoms. The molecule has 7 heteroatoms. The minimum absolute atomic E-state index is 0.0746. The Balaban J connectivity index is 1.86. The van der Waals surface area contributed by atoms with Gasteiger partial charge in [-0.25, -0.2) is 4.98 Å². The summed E-state index contributed by atoms with van der Waals surface area (Å²) < 4.78 is 2.78. The molecule has 0 saturated carbocycles. The standard InChI is InChI=1S/C23H20N4O3/c1-2-27-23(30)19(14-25-27)20(28)18-13-24-21(17-11-7-4-8-12-17)26(22(18)29)15-16-9-5-3-6-10-16/h3-14,25H,2,15H2,1H3. The normalized spacial score (nSPS) is 10.8. The first-order valence-corrected chi connectivity index (χ1v) is 9.62. The third kappa shape index (κ3) is 3.53. The van der Waals surface area contributed by atoms with Crippen molar-refractivity contribution < 1.29 is 4.79 Å². The molecule has 7 nitrogen and oxygen atoms in total. The summed E-state index contributed by atoms with van der Waals surface area (Å²) in [5.74, 6) is -0.177. The topological polar surface area (TPSA) is 89.8 Å². The van der Waals surface area contributed by atoms with E-state index >= 15 is 0 Å². The Hall–Kier alpha value is -4.00. The van der Waals surface area contributed by atoms with Gasteiger partial charge in [0.1, 0.15) is 17.0 Å². The van der Waals surface area contributed by atoms with Gasteiger partial charge in [-0.2, -0.15) is 0 Å². The van der Waals surface area contributed by atoms with Gasteiger partial charge in [0.05, 0.1) is 6.54 Å². The molecular weight excluding hydrogens is 380 g/mol. The smallest absolute Gasteiger partial charge is 0.277 e. The van der Waals surface area contributed by atoms with E-state index in [0.29, 0.717) is 12.4 Å². The van der Waals surface area contributed by atoms with Crippen molar-refractivity contribution in [2.45, 2.75) is 20.0 Å². The third-order valence-electron chi connectivity index (χ3n) is 4.91. The molecule has 4 rings (SSSR count). The molecule has 0 saturated heterocycles. The maximum Gasteiger partial charge on any atom is 0.277 e. The number of aromatic amines is 1. The van der Waals surface area contributed by atoms with E-state index in [9.17, 15) is 14.4 Å². The lowest BCUT2D eigenvalue weighted by Gasteiger charge is -2.13. The number of H-pyrrole nitrogens is 1. The van der Waals surface area contributed by atoms with Gasteiger partial charge in [-0.3, -0.25) is 23.6 Å². The first-order valence-electron chi connectivity index (χ1n) is 9.62. The van der Waals surface area contributed by atoms with Crippen molar-refractivity contribution in [1.29, 1.82) is 0 Å². The fourth-order valence-electron chi connectivity index (χ4n) is 3.33. The largest absolute Gasteiger partial charge is 0.302 e. The second-order valence-electron chi connectivity index (χ2n) is 6.80. The Kier molecular flexibility index (Phi) is 5.26. The molecule has 0 atom stereocenters. The Labute approximate surface area is 172 Å². The molecule has 0 radical (unpaired) electrons. The number of nitrogens with zero attached hydrogens (tertiary/aromatic N) is 3. The number of aromatic nitrogens is 4. The van der Waals surface area contributed by atoms with Crippen molar-refractivity contribution >= 4 is 5.78 Å². The third-order valence-corrected chi connectivity index (χ3v) is 4.91. The van der Waals surface area contributed by atoms with Gasteiger partial charge in [0.15, 0.2) is 0 Å². The zero-order valence-corrected chi connectivity index (χ0v) is 16.4. The van der Waals surface area contributed by atoms with Crippen LogP contribution in [0.15, 0.2) is 82.6 Å². The van der Waals surface area contributed by atoms with Crippen LogP contribution in [0.5, 0.6) is 0 Å². The van der Waals surface area contributed by atoms with E-state index in [1.807, 2.05) is 60.7 Å². The van der Waals surface area contributed by atoms with Crippen molar-refractivity contribution in [3.05, 3.63) is 110 Å². The second kappa shape index (κ2) is 8.16. The van der Waals surface area contributed by atoms with Crippen LogP contribution in [0.25, 0.3) is 11.4 Å². The van der Waals surface area contributed by atoms with E-state index in [2.05, 4.69) is 10.1 Å². The van der Waals surface area contributed by atoms with Crippen molar-refractivity contribution in [2.24, 2.45) is 0 Å². The van der Waals surface area contributed by atoms with Gasteiger partial charge in [0.25, 0.3) is 11.1 Å². The summed E-state index contributed by atoms with van der Waals surface area (Å²) in [4.78, 5) is 43.1. The van der Waals surface area contributed by atoms with Crippen LogP contribution in [0.4, 0.5) is 0 Å². The van der Waals surface area contributed by atoms with Gasteiger partial charge in [0.2, 0.25) is 5.78 Å². The lowest BCUT2D eigenvalue weighted by molar-refractivity contribution is 0.103. The quantitative estimate of drug-likeness (QED) is 0.504. The van der Waals surface area contributed by atoms with Gasteiger partial charge >= 0.3 is 0 Å². The molecular formula is C23H20N4O3. The molecule has 4 aromatic rings. The fourth-order valence-corrected chi connectivity index (χ4v) is 3.33. The summed E-state index contributed by atoms with van der Waals surface area (Å²) in [5.41, 5.74) is 0.516. The number of ketones is 1. The number of carbonyl (C=O) groups excluding carboxylic acids is 1. The Morgan fingerprint density at radius 3 is 2.23 bits per heavy atom. The molecule has 2 heterocycles. The SMILES string of the molecule is CCn1[nH]cc(C(=O)c2cnc(-c3ccccc3)n(Cc3ccccc3)c2=O)c1=O. The van der Waals surface area contributed by atoms with Crippen LogP contribution in [0.3, 0.4) is 0 Å². The molecule has 0 aliphatic carbocycles. The fraction of sp³-hybridized carbons (Fsp3) is 0.130. The van der Waals surface area contributed by atoms with Gasteiger partial charge < -0.3 is 5.10 Å². The molecule has 2 aromatic heterocycles. The van der Waals surface area contributed by atoms with Crippen LogP contribution in [0, 0.1) is 0 Å². The molecule has 1 N–H and O–H groups in total. The van der Waals surface area contributed by atoms with Crippen LogP contribution in [0.1, 0.15) is 28.4 Å². The summed E-state index contributed by atoms with van der Waals surface area (Å²) >= 11 is 0. The van der Waals surface area contributed by atoms with Crippen LogP contribution in [-0.4, -0.2) is 25.1 Å². The van der Waals surface area contributed by atoms with Gasteiger partial charge in [0, 0.05) is 24.5 Å². The molecule has 0 fully saturated rings.